The standard InChI is InChI=1S/C21H26N4O5S/c1-30-19-10-7-16(14-18(19)25-13-3-2-4-20(25)26)24-21(27)23-12-11-15-5-8-17(9-6-15)31(22,28)29/h5-10,14H,2-4,11-13H2,1H3,(H2,22,28,29)(H2,23,24,27). The molecule has 0 unspecified atom stereocenters. The molecule has 1 aliphatic rings. The number of primary sulfonamides is 1. The summed E-state index contributed by atoms with van der Waals surface area (Å²) in [5, 5.41) is 10.6. The first-order chi connectivity index (χ1) is 14.8. The molecule has 3 rings (SSSR count). The summed E-state index contributed by atoms with van der Waals surface area (Å²) in [7, 11) is -2.18. The number of rotatable bonds is 7. The van der Waals surface area contributed by atoms with Crippen molar-refractivity contribution < 1.29 is 22.7 Å². The van der Waals surface area contributed by atoms with Crippen molar-refractivity contribution in [3.8, 4) is 5.75 Å². The minimum atomic E-state index is -3.72. The number of amides is 3. The fourth-order valence-electron chi connectivity index (χ4n) is 3.38. The number of methoxy groups -OCH3 is 1. The quantitative estimate of drug-likeness (QED) is 0.600. The average molecular weight is 447 g/mol. The number of nitrogens with two attached hydrogens (primary N) is 1. The van der Waals surface area contributed by atoms with E-state index in [-0.39, 0.29) is 16.8 Å². The van der Waals surface area contributed by atoms with Crippen LogP contribution in [0.25, 0.3) is 0 Å². The van der Waals surface area contributed by atoms with Crippen LogP contribution in [0.1, 0.15) is 24.8 Å². The van der Waals surface area contributed by atoms with Gasteiger partial charge in [0.25, 0.3) is 0 Å². The molecule has 31 heavy (non-hydrogen) atoms. The Balaban J connectivity index is 1.57. The molecular weight excluding hydrogens is 420 g/mol. The number of nitrogens with zero attached hydrogens (tertiary/aromatic N) is 1. The number of hydrogen-bond acceptors (Lipinski definition) is 5. The van der Waals surface area contributed by atoms with Crippen molar-refractivity contribution in [2.75, 3.05) is 30.4 Å². The molecule has 4 N–H and O–H groups in total. The number of hydrogen-bond donors (Lipinski definition) is 3. The lowest BCUT2D eigenvalue weighted by Gasteiger charge is -2.28. The molecule has 1 saturated heterocycles. The summed E-state index contributed by atoms with van der Waals surface area (Å²) < 4.78 is 28.0. The Morgan fingerprint density at radius 2 is 1.90 bits per heavy atom. The fourth-order valence-corrected chi connectivity index (χ4v) is 3.90. The molecular formula is C21H26N4O5S. The largest absolute Gasteiger partial charge is 0.495 e. The summed E-state index contributed by atoms with van der Waals surface area (Å²) in [5.74, 6) is 0.615. The maximum atomic E-state index is 12.3. The maximum Gasteiger partial charge on any atom is 0.319 e. The third-order valence-electron chi connectivity index (χ3n) is 5.00. The van der Waals surface area contributed by atoms with E-state index in [4.69, 9.17) is 9.88 Å². The van der Waals surface area contributed by atoms with Crippen LogP contribution < -0.4 is 25.4 Å². The molecule has 0 spiro atoms. The Labute approximate surface area is 181 Å². The summed E-state index contributed by atoms with van der Waals surface area (Å²) in [6.07, 6.45) is 2.82. The van der Waals surface area contributed by atoms with Gasteiger partial charge in [0.05, 0.1) is 17.7 Å². The van der Waals surface area contributed by atoms with Gasteiger partial charge in [-0.05, 0) is 55.2 Å². The number of carbonyl (C=O) groups is 2. The molecule has 0 aromatic heterocycles. The highest BCUT2D eigenvalue weighted by Crippen LogP contribution is 2.33. The predicted molar refractivity (Wildman–Crippen MR) is 118 cm³/mol. The molecule has 166 valence electrons. The van der Waals surface area contributed by atoms with Crippen molar-refractivity contribution in [3.63, 3.8) is 0 Å². The highest BCUT2D eigenvalue weighted by atomic mass is 32.2. The number of anilines is 2. The van der Waals surface area contributed by atoms with Crippen LogP contribution in [0, 0.1) is 0 Å². The van der Waals surface area contributed by atoms with E-state index in [2.05, 4.69) is 10.6 Å². The van der Waals surface area contributed by atoms with Gasteiger partial charge in [0.15, 0.2) is 0 Å². The van der Waals surface area contributed by atoms with E-state index >= 15 is 0 Å². The topological polar surface area (TPSA) is 131 Å². The SMILES string of the molecule is COc1ccc(NC(=O)NCCc2ccc(S(N)(=O)=O)cc2)cc1N1CCCCC1=O. The van der Waals surface area contributed by atoms with Gasteiger partial charge < -0.3 is 20.3 Å². The van der Waals surface area contributed by atoms with Gasteiger partial charge >= 0.3 is 6.03 Å². The smallest absolute Gasteiger partial charge is 0.319 e. The van der Waals surface area contributed by atoms with E-state index in [1.807, 2.05) is 0 Å². The van der Waals surface area contributed by atoms with Crippen LogP contribution in [-0.2, 0) is 21.2 Å². The van der Waals surface area contributed by atoms with Crippen molar-refractivity contribution in [1.82, 2.24) is 5.32 Å². The second-order valence-corrected chi connectivity index (χ2v) is 8.77. The molecule has 1 heterocycles. The van der Waals surface area contributed by atoms with Crippen molar-refractivity contribution in [1.29, 1.82) is 0 Å². The van der Waals surface area contributed by atoms with Crippen LogP contribution >= 0.6 is 0 Å². The predicted octanol–water partition coefficient (Wildman–Crippen LogP) is 2.22. The molecule has 0 atom stereocenters. The first-order valence-corrected chi connectivity index (χ1v) is 11.5. The van der Waals surface area contributed by atoms with E-state index in [1.54, 1.807) is 42.3 Å². The number of carbonyl (C=O) groups excluding carboxylic acids is 2. The van der Waals surface area contributed by atoms with Crippen LogP contribution in [0.4, 0.5) is 16.2 Å². The number of benzene rings is 2. The molecule has 1 fully saturated rings. The van der Waals surface area contributed by atoms with Gasteiger partial charge in [0, 0.05) is 25.2 Å². The van der Waals surface area contributed by atoms with Gasteiger partial charge in [-0.3, -0.25) is 4.79 Å². The molecule has 9 nitrogen and oxygen atoms in total. The van der Waals surface area contributed by atoms with Gasteiger partial charge in [0.1, 0.15) is 5.75 Å². The number of sulfonamides is 1. The highest BCUT2D eigenvalue weighted by Gasteiger charge is 2.23. The Morgan fingerprint density at radius 3 is 2.55 bits per heavy atom. The summed E-state index contributed by atoms with van der Waals surface area (Å²) >= 11 is 0. The summed E-state index contributed by atoms with van der Waals surface area (Å²) in [6, 6.07) is 11.0. The van der Waals surface area contributed by atoms with Crippen LogP contribution in [0.5, 0.6) is 5.75 Å². The van der Waals surface area contributed by atoms with Gasteiger partial charge in [0.2, 0.25) is 15.9 Å². The monoisotopic (exact) mass is 446 g/mol. The van der Waals surface area contributed by atoms with E-state index in [0.717, 1.165) is 18.4 Å². The Hall–Kier alpha value is -3.11. The van der Waals surface area contributed by atoms with Gasteiger partial charge in [-0.2, -0.15) is 0 Å². The highest BCUT2D eigenvalue weighted by molar-refractivity contribution is 7.89. The molecule has 0 saturated carbocycles. The number of piperidine rings is 1. The van der Waals surface area contributed by atoms with Crippen LogP contribution in [0.2, 0.25) is 0 Å². The zero-order valence-corrected chi connectivity index (χ0v) is 18.1. The van der Waals surface area contributed by atoms with Gasteiger partial charge in [-0.1, -0.05) is 12.1 Å². The Kier molecular flexibility index (Phi) is 7.13. The van der Waals surface area contributed by atoms with Crippen molar-refractivity contribution in [3.05, 3.63) is 48.0 Å². The van der Waals surface area contributed by atoms with Crippen molar-refractivity contribution >= 4 is 33.3 Å². The maximum absolute atomic E-state index is 12.3. The van der Waals surface area contributed by atoms with Gasteiger partial charge in [-0.25, -0.2) is 18.4 Å². The summed E-state index contributed by atoms with van der Waals surface area (Å²) in [4.78, 5) is 26.3. The summed E-state index contributed by atoms with van der Waals surface area (Å²) in [5.41, 5.74) is 2.05. The van der Waals surface area contributed by atoms with Crippen LogP contribution in [0.15, 0.2) is 47.4 Å². The first kappa shape index (κ1) is 22.6. The molecule has 2 aromatic carbocycles. The van der Waals surface area contributed by atoms with E-state index in [1.165, 1.54) is 12.1 Å². The number of ether oxygens (including phenoxy) is 1. The fraction of sp³-hybridized carbons (Fsp3) is 0.333. The number of nitrogens with one attached hydrogen (secondary N) is 2. The molecule has 0 aliphatic carbocycles. The number of urea groups is 1. The first-order valence-electron chi connectivity index (χ1n) is 9.93. The van der Waals surface area contributed by atoms with Crippen molar-refractivity contribution in [2.45, 2.75) is 30.6 Å². The third-order valence-corrected chi connectivity index (χ3v) is 5.93. The zero-order chi connectivity index (χ0) is 22.4. The van der Waals surface area contributed by atoms with Crippen LogP contribution in [0.3, 0.4) is 0 Å². The van der Waals surface area contributed by atoms with E-state index < -0.39 is 10.0 Å². The Morgan fingerprint density at radius 1 is 1.16 bits per heavy atom. The van der Waals surface area contributed by atoms with Crippen molar-refractivity contribution in [2.24, 2.45) is 5.14 Å². The minimum Gasteiger partial charge on any atom is -0.495 e. The summed E-state index contributed by atoms with van der Waals surface area (Å²) in [6.45, 7) is 0.975. The average Bonchev–Trinajstić information content (AvgIpc) is 2.74. The molecule has 10 heteroatoms. The molecule has 2 aromatic rings. The van der Waals surface area contributed by atoms with E-state index in [9.17, 15) is 18.0 Å². The lowest BCUT2D eigenvalue weighted by molar-refractivity contribution is -0.119. The normalized spacial score (nSPS) is 14.3. The lowest BCUT2D eigenvalue weighted by atomic mass is 10.1. The zero-order valence-electron chi connectivity index (χ0n) is 17.3. The minimum absolute atomic E-state index is 0.0413. The molecule has 0 radical (unpaired) electrons. The lowest BCUT2D eigenvalue weighted by Crippen LogP contribution is -2.35. The van der Waals surface area contributed by atoms with Gasteiger partial charge in [-0.15, -0.1) is 0 Å². The Bertz CT molecular complexity index is 1050. The van der Waals surface area contributed by atoms with E-state index in [0.29, 0.717) is 43.1 Å². The third kappa shape index (κ3) is 5.96. The molecule has 1 aliphatic heterocycles. The second-order valence-electron chi connectivity index (χ2n) is 7.21. The molecule has 0 bridgehead atoms. The second kappa shape index (κ2) is 9.80. The van der Waals surface area contributed by atoms with Crippen LogP contribution in [-0.4, -0.2) is 40.6 Å². The molecule has 3 amide bonds.